The summed E-state index contributed by atoms with van der Waals surface area (Å²) in [7, 11) is 0. The van der Waals surface area contributed by atoms with Crippen molar-refractivity contribution >= 4 is 34.6 Å². The van der Waals surface area contributed by atoms with E-state index in [0.717, 1.165) is 37.0 Å². The topological polar surface area (TPSA) is 48.8 Å². The molecule has 2 aromatic rings. The fourth-order valence-corrected chi connectivity index (χ4v) is 3.87. The van der Waals surface area contributed by atoms with E-state index in [4.69, 9.17) is 0 Å². The number of benzene rings is 1. The lowest BCUT2D eigenvalue weighted by Gasteiger charge is -2.36. The first-order valence-corrected chi connectivity index (χ1v) is 9.10. The quantitative estimate of drug-likeness (QED) is 0.780. The molecule has 0 bridgehead atoms. The molecule has 0 unspecified atom stereocenters. The molecule has 0 saturated carbocycles. The molecule has 3 heterocycles. The largest absolute Gasteiger partial charge is 0.368 e. The average Bonchev–Trinajstić information content (AvgIpc) is 3.04. The maximum Gasteiger partial charge on any atom is 0.286 e. The molecule has 126 valence electrons. The first kappa shape index (κ1) is 15.9. The van der Waals surface area contributed by atoms with Gasteiger partial charge in [0.25, 0.3) is 5.91 Å². The van der Waals surface area contributed by atoms with Gasteiger partial charge in [0, 0.05) is 38.1 Å². The van der Waals surface area contributed by atoms with Gasteiger partial charge >= 0.3 is 0 Å². The second-order valence-corrected chi connectivity index (χ2v) is 6.88. The van der Waals surface area contributed by atoms with E-state index >= 15 is 0 Å². The van der Waals surface area contributed by atoms with Crippen LogP contribution in [0.1, 0.15) is 5.69 Å². The third-order valence-electron chi connectivity index (χ3n) is 4.25. The first-order chi connectivity index (χ1) is 12.3. The predicted octanol–water partition coefficient (Wildman–Crippen LogP) is 2.87. The van der Waals surface area contributed by atoms with Crippen molar-refractivity contribution in [3.05, 3.63) is 65.3 Å². The number of nitrogens with zero attached hydrogens (tertiary/aromatic N) is 4. The van der Waals surface area contributed by atoms with E-state index in [1.54, 1.807) is 6.20 Å². The zero-order chi connectivity index (χ0) is 17.1. The van der Waals surface area contributed by atoms with Crippen LogP contribution in [0.5, 0.6) is 0 Å². The van der Waals surface area contributed by atoms with Gasteiger partial charge < -0.3 is 9.80 Å². The van der Waals surface area contributed by atoms with E-state index < -0.39 is 0 Å². The van der Waals surface area contributed by atoms with Crippen molar-refractivity contribution in [3.8, 4) is 0 Å². The van der Waals surface area contributed by atoms with E-state index in [2.05, 4.69) is 44.0 Å². The summed E-state index contributed by atoms with van der Waals surface area (Å²) in [6.45, 7) is 3.59. The van der Waals surface area contributed by atoms with Gasteiger partial charge in [-0.3, -0.25) is 9.78 Å². The van der Waals surface area contributed by atoms with Crippen molar-refractivity contribution in [2.24, 2.45) is 4.99 Å². The minimum Gasteiger partial charge on any atom is -0.368 e. The molecule has 25 heavy (non-hydrogen) atoms. The molecule has 6 heteroatoms. The smallest absolute Gasteiger partial charge is 0.286 e. The third-order valence-corrected chi connectivity index (χ3v) is 5.29. The summed E-state index contributed by atoms with van der Waals surface area (Å²) in [5, 5.41) is 0.805. The Hall–Kier alpha value is -2.60. The van der Waals surface area contributed by atoms with Crippen LogP contribution in [-0.4, -0.2) is 47.1 Å². The maximum absolute atomic E-state index is 12.2. The first-order valence-electron chi connectivity index (χ1n) is 8.28. The number of para-hydroxylation sites is 1. The highest BCUT2D eigenvalue weighted by atomic mass is 32.2. The van der Waals surface area contributed by atoms with E-state index in [1.165, 1.54) is 17.4 Å². The van der Waals surface area contributed by atoms with E-state index in [9.17, 15) is 4.79 Å². The van der Waals surface area contributed by atoms with Crippen LogP contribution in [0.3, 0.4) is 0 Å². The molecule has 0 N–H and O–H groups in total. The van der Waals surface area contributed by atoms with Crippen molar-refractivity contribution in [2.45, 2.75) is 0 Å². The second kappa shape index (κ2) is 7.11. The molecule has 1 amide bonds. The maximum atomic E-state index is 12.2. The Morgan fingerprint density at radius 2 is 1.64 bits per heavy atom. The van der Waals surface area contributed by atoms with E-state index in [1.807, 2.05) is 30.3 Å². The van der Waals surface area contributed by atoms with Crippen LogP contribution in [-0.2, 0) is 4.79 Å². The molecule has 2 aliphatic heterocycles. The highest BCUT2D eigenvalue weighted by molar-refractivity contribution is 8.18. The molecule has 1 fully saturated rings. The lowest BCUT2D eigenvalue weighted by molar-refractivity contribution is -0.113. The van der Waals surface area contributed by atoms with Crippen molar-refractivity contribution in [3.63, 3.8) is 0 Å². The van der Waals surface area contributed by atoms with Gasteiger partial charge in [-0.2, -0.15) is 4.99 Å². The average molecular weight is 350 g/mol. The molecular formula is C19H18N4OS. The highest BCUT2D eigenvalue weighted by Gasteiger charge is 2.28. The van der Waals surface area contributed by atoms with Gasteiger partial charge in [-0.25, -0.2) is 0 Å². The van der Waals surface area contributed by atoms with Crippen molar-refractivity contribution < 1.29 is 4.79 Å². The summed E-state index contributed by atoms with van der Waals surface area (Å²) in [4.78, 5) is 25.9. The van der Waals surface area contributed by atoms with Crippen LogP contribution in [0.2, 0.25) is 0 Å². The molecule has 0 atom stereocenters. The molecule has 0 radical (unpaired) electrons. The number of carbonyl (C=O) groups excluding carboxylic acids is 1. The Morgan fingerprint density at radius 3 is 2.36 bits per heavy atom. The number of rotatable bonds is 2. The Morgan fingerprint density at radius 1 is 0.920 bits per heavy atom. The van der Waals surface area contributed by atoms with Crippen LogP contribution in [0.25, 0.3) is 6.08 Å². The van der Waals surface area contributed by atoms with Gasteiger partial charge in [0.15, 0.2) is 5.17 Å². The van der Waals surface area contributed by atoms with Crippen molar-refractivity contribution in [1.82, 2.24) is 9.88 Å². The number of hydrogen-bond donors (Lipinski definition) is 0. The zero-order valence-electron chi connectivity index (χ0n) is 13.7. The van der Waals surface area contributed by atoms with Crippen molar-refractivity contribution in [1.29, 1.82) is 0 Å². The minimum atomic E-state index is -0.170. The van der Waals surface area contributed by atoms with Crippen LogP contribution in [0.4, 0.5) is 5.69 Å². The number of amidine groups is 1. The lowest BCUT2D eigenvalue weighted by Crippen LogP contribution is -2.47. The number of carbonyl (C=O) groups is 1. The Bertz CT molecular complexity index is 812. The number of hydrogen-bond acceptors (Lipinski definition) is 5. The highest BCUT2D eigenvalue weighted by Crippen LogP contribution is 2.30. The molecule has 4 rings (SSSR count). The summed E-state index contributed by atoms with van der Waals surface area (Å²) >= 11 is 1.45. The fraction of sp³-hybridized carbons (Fsp3) is 0.211. The van der Waals surface area contributed by atoms with Crippen LogP contribution < -0.4 is 4.90 Å². The second-order valence-electron chi connectivity index (χ2n) is 5.87. The minimum absolute atomic E-state index is 0.170. The monoisotopic (exact) mass is 350 g/mol. The number of aliphatic imine (C=N–C) groups is 1. The number of anilines is 1. The molecule has 1 aromatic carbocycles. The molecule has 2 aliphatic rings. The Kier molecular flexibility index (Phi) is 4.52. The van der Waals surface area contributed by atoms with E-state index in [0.29, 0.717) is 4.91 Å². The molecule has 0 aliphatic carbocycles. The fourth-order valence-electron chi connectivity index (χ4n) is 2.92. The number of piperazine rings is 1. The summed E-state index contributed by atoms with van der Waals surface area (Å²) < 4.78 is 0. The molecule has 1 saturated heterocycles. The van der Waals surface area contributed by atoms with Gasteiger partial charge in [-0.05, 0) is 42.1 Å². The van der Waals surface area contributed by atoms with Gasteiger partial charge in [0.05, 0.1) is 10.6 Å². The van der Waals surface area contributed by atoms with Gasteiger partial charge in [0.1, 0.15) is 0 Å². The summed E-state index contributed by atoms with van der Waals surface area (Å²) in [6.07, 6.45) is 3.53. The molecule has 0 spiro atoms. The lowest BCUT2D eigenvalue weighted by atomic mass is 10.2. The van der Waals surface area contributed by atoms with Crippen LogP contribution >= 0.6 is 11.8 Å². The summed E-state index contributed by atoms with van der Waals surface area (Å²) in [5.74, 6) is -0.170. The SMILES string of the molecule is O=C1N=C(N2CCN(c3ccccc3)CC2)S/C1=C/c1ccccn1. The van der Waals surface area contributed by atoms with Crippen molar-refractivity contribution in [2.75, 3.05) is 31.1 Å². The third kappa shape index (κ3) is 3.58. The van der Waals surface area contributed by atoms with Crippen LogP contribution in [0, 0.1) is 0 Å². The van der Waals surface area contributed by atoms with Gasteiger partial charge in [0.2, 0.25) is 0 Å². The Balaban J connectivity index is 1.40. The van der Waals surface area contributed by atoms with Gasteiger partial charge in [-0.15, -0.1) is 0 Å². The molecule has 5 nitrogen and oxygen atoms in total. The van der Waals surface area contributed by atoms with E-state index in [-0.39, 0.29) is 5.91 Å². The van der Waals surface area contributed by atoms with Crippen LogP contribution in [0.15, 0.2) is 64.6 Å². The standard InChI is InChI=1S/C19H18N4OS/c24-18-17(14-15-6-4-5-9-20-15)25-19(21-18)23-12-10-22(11-13-23)16-7-2-1-3-8-16/h1-9,14H,10-13H2/b17-14+. The molecular weight excluding hydrogens is 332 g/mol. The summed E-state index contributed by atoms with van der Waals surface area (Å²) in [6, 6.07) is 16.1. The Labute approximate surface area is 151 Å². The normalized spacial score (nSPS) is 19.4. The number of aromatic nitrogens is 1. The molecule has 1 aromatic heterocycles. The zero-order valence-corrected chi connectivity index (χ0v) is 14.5. The number of amides is 1. The predicted molar refractivity (Wildman–Crippen MR) is 102 cm³/mol. The summed E-state index contributed by atoms with van der Waals surface area (Å²) in [5.41, 5.74) is 2.03. The van der Waals surface area contributed by atoms with Gasteiger partial charge in [-0.1, -0.05) is 24.3 Å². The number of pyridine rings is 1. The number of thioether (sulfide) groups is 1.